The summed E-state index contributed by atoms with van der Waals surface area (Å²) in [7, 11) is 0. The van der Waals surface area contributed by atoms with Crippen molar-refractivity contribution in [3.8, 4) is 0 Å². The molecule has 6 aliphatic rings. The second kappa shape index (κ2) is 15.6. The van der Waals surface area contributed by atoms with Gasteiger partial charge in [-0.25, -0.2) is 9.97 Å². The lowest BCUT2D eigenvalue weighted by Gasteiger charge is -2.53. The molecular formula is C43H43F3N10O8. The number of halogens is 3. The van der Waals surface area contributed by atoms with Gasteiger partial charge in [0.15, 0.2) is 11.4 Å². The van der Waals surface area contributed by atoms with E-state index in [1.165, 1.54) is 12.1 Å². The number of aliphatic hydroxyl groups excluding tert-OH is 1. The molecule has 9 heterocycles. The van der Waals surface area contributed by atoms with E-state index in [0.29, 0.717) is 76.9 Å². The number of alkyl halides is 3. The van der Waals surface area contributed by atoms with E-state index in [9.17, 15) is 47.0 Å². The summed E-state index contributed by atoms with van der Waals surface area (Å²) in [6, 6.07) is 8.96. The van der Waals surface area contributed by atoms with Crippen molar-refractivity contribution in [3.63, 3.8) is 0 Å². The van der Waals surface area contributed by atoms with E-state index >= 15 is 0 Å². The number of anilines is 4. The minimum absolute atomic E-state index is 0.0393. The Morgan fingerprint density at radius 3 is 2.28 bits per heavy atom. The predicted octanol–water partition coefficient (Wildman–Crippen LogP) is 3.21. The zero-order chi connectivity index (χ0) is 44.7. The first-order valence-corrected chi connectivity index (χ1v) is 21.4. The monoisotopic (exact) mass is 884 g/mol. The van der Waals surface area contributed by atoms with Crippen LogP contribution >= 0.6 is 0 Å². The van der Waals surface area contributed by atoms with E-state index in [4.69, 9.17) is 4.42 Å². The molecule has 64 heavy (non-hydrogen) atoms. The minimum atomic E-state index is -4.73. The Hall–Kier alpha value is -6.64. The van der Waals surface area contributed by atoms with Crippen LogP contribution in [0.25, 0.3) is 11.2 Å². The molecule has 6 amide bonds. The molecule has 0 aliphatic carbocycles. The number of hydrogen-bond acceptors (Lipinski definition) is 14. The van der Waals surface area contributed by atoms with Crippen LogP contribution in [-0.4, -0.2) is 130 Å². The van der Waals surface area contributed by atoms with Gasteiger partial charge in [0, 0.05) is 81.9 Å². The molecule has 6 aliphatic heterocycles. The number of nitrogens with zero attached hydrogens (tertiary/aromatic N) is 8. The average Bonchev–Trinajstić information content (AvgIpc) is 3.96. The van der Waals surface area contributed by atoms with E-state index in [0.717, 1.165) is 35.6 Å². The molecule has 0 bridgehead atoms. The number of carbonyl (C=O) groups excluding carboxylic acids is 6. The lowest BCUT2D eigenvalue weighted by molar-refractivity contribution is -0.141. The highest BCUT2D eigenvalue weighted by Gasteiger charge is 2.48. The second-order valence-electron chi connectivity index (χ2n) is 17.5. The lowest BCUT2D eigenvalue weighted by atomic mass is 9.72. The maximum atomic E-state index is 13.8. The van der Waals surface area contributed by atoms with Gasteiger partial charge in [-0.2, -0.15) is 18.2 Å². The number of piperidine rings is 3. The fraction of sp³-hybridized carbons (Fsp3) is 0.465. The number of amides is 6. The summed E-state index contributed by atoms with van der Waals surface area (Å²) in [5, 5.41) is 15.1. The summed E-state index contributed by atoms with van der Waals surface area (Å²) >= 11 is 0. The van der Waals surface area contributed by atoms with E-state index < -0.39 is 59.2 Å². The minimum Gasteiger partial charge on any atom is -0.422 e. The van der Waals surface area contributed by atoms with E-state index in [-0.39, 0.29) is 64.7 Å². The van der Waals surface area contributed by atoms with Crippen LogP contribution in [0.3, 0.4) is 0 Å². The van der Waals surface area contributed by atoms with Crippen LogP contribution in [0.1, 0.15) is 81.8 Å². The standard InChI is InChI=1S/C43H43F3N10O8/c44-43(45,46)32-3-1-2-28(47-32)36(59)48-29-19-31-34(50-35(29)54-15-10-25(57)20-54)51-41(64-31)55-21-42(22-55)11-16-53(17-12-42)38(61)23-8-13-52(14-9-23)24-4-5-26-27(18-24)40(63)56(39(26)62)30-6-7-33(58)49-37(30)60/h1-5,18-19,23,25,30,57H,6-17,20-22H2,(H,48,59)(H,49,58,60)/t25-,30?/m1/s1. The maximum absolute atomic E-state index is 13.8. The maximum Gasteiger partial charge on any atom is 0.433 e. The number of carbonyl (C=O) groups is 6. The summed E-state index contributed by atoms with van der Waals surface area (Å²) in [5.74, 6) is -2.81. The van der Waals surface area contributed by atoms with Crippen LogP contribution in [0, 0.1) is 11.3 Å². The highest BCUT2D eigenvalue weighted by molar-refractivity contribution is 6.23. The van der Waals surface area contributed by atoms with Gasteiger partial charge >= 0.3 is 6.18 Å². The summed E-state index contributed by atoms with van der Waals surface area (Å²) in [6.07, 6.45) is -1.92. The number of imide groups is 2. The number of aliphatic hydroxyl groups is 1. The molecule has 1 unspecified atom stereocenters. The molecule has 1 aromatic carbocycles. The third-order valence-corrected chi connectivity index (χ3v) is 13.4. The highest BCUT2D eigenvalue weighted by atomic mass is 19.4. The van der Waals surface area contributed by atoms with Crippen LogP contribution in [0.2, 0.25) is 0 Å². The number of aromatic nitrogens is 3. The van der Waals surface area contributed by atoms with E-state index in [2.05, 4.69) is 30.5 Å². The van der Waals surface area contributed by atoms with Gasteiger partial charge in [0.1, 0.15) is 17.4 Å². The van der Waals surface area contributed by atoms with Gasteiger partial charge in [-0.15, -0.1) is 0 Å². The van der Waals surface area contributed by atoms with Crippen molar-refractivity contribution in [1.29, 1.82) is 0 Å². The number of pyridine rings is 2. The Balaban J connectivity index is 0.744. The Labute approximate surface area is 362 Å². The van der Waals surface area contributed by atoms with Crippen LogP contribution in [0.15, 0.2) is 46.9 Å². The predicted molar refractivity (Wildman–Crippen MR) is 220 cm³/mol. The van der Waals surface area contributed by atoms with Gasteiger partial charge in [-0.3, -0.25) is 39.0 Å². The number of fused-ring (bicyclic) bond motifs is 2. The molecule has 5 fully saturated rings. The fourth-order valence-corrected chi connectivity index (χ4v) is 9.87. The average molecular weight is 885 g/mol. The molecule has 0 radical (unpaired) electrons. The molecule has 5 saturated heterocycles. The molecular weight excluding hydrogens is 842 g/mol. The van der Waals surface area contributed by atoms with Crippen LogP contribution in [-0.2, 0) is 20.6 Å². The first-order chi connectivity index (χ1) is 30.6. The summed E-state index contributed by atoms with van der Waals surface area (Å²) in [4.78, 5) is 99.1. The Bertz CT molecular complexity index is 2610. The van der Waals surface area contributed by atoms with Crippen molar-refractivity contribution < 1.29 is 51.5 Å². The van der Waals surface area contributed by atoms with Crippen LogP contribution in [0.5, 0.6) is 0 Å². The van der Waals surface area contributed by atoms with Crippen LogP contribution < -0.4 is 25.3 Å². The van der Waals surface area contributed by atoms with E-state index in [1.807, 2.05) is 9.80 Å². The first-order valence-electron chi connectivity index (χ1n) is 21.4. The number of rotatable bonds is 7. The number of benzene rings is 1. The topological polar surface area (TPSA) is 215 Å². The molecule has 3 N–H and O–H groups in total. The lowest BCUT2D eigenvalue weighted by Crippen LogP contribution is -2.61. The van der Waals surface area contributed by atoms with Gasteiger partial charge in [0.05, 0.1) is 22.9 Å². The third-order valence-electron chi connectivity index (χ3n) is 13.4. The SMILES string of the molecule is O=C1CCC(N2C(=O)c3ccc(N4CCC(C(=O)N5CCC6(CC5)CN(c5nc7nc(N8CC[C@@H](O)C8)c(NC(=O)c8cccc(C(F)(F)F)n8)cc7o5)C6)CC4)cc3C2=O)C(=O)N1. The molecule has 334 valence electrons. The zero-order valence-corrected chi connectivity index (χ0v) is 34.4. The Kier molecular flexibility index (Phi) is 10.1. The number of hydrogen-bond donors (Lipinski definition) is 3. The second-order valence-corrected chi connectivity index (χ2v) is 17.5. The van der Waals surface area contributed by atoms with Crippen molar-refractivity contribution in [2.75, 3.05) is 72.4 Å². The third kappa shape index (κ3) is 7.43. The molecule has 0 saturated carbocycles. The van der Waals surface area contributed by atoms with Crippen molar-refractivity contribution >= 4 is 69.9 Å². The Morgan fingerprint density at radius 2 is 1.58 bits per heavy atom. The van der Waals surface area contributed by atoms with Gasteiger partial charge in [-0.1, -0.05) is 6.07 Å². The van der Waals surface area contributed by atoms with Crippen molar-refractivity contribution in [3.05, 3.63) is 65.0 Å². The van der Waals surface area contributed by atoms with Gasteiger partial charge in [0.25, 0.3) is 23.7 Å². The van der Waals surface area contributed by atoms with Gasteiger partial charge < -0.3 is 34.4 Å². The molecule has 3 aromatic heterocycles. The smallest absolute Gasteiger partial charge is 0.422 e. The fourth-order valence-electron chi connectivity index (χ4n) is 9.87. The van der Waals surface area contributed by atoms with Crippen LogP contribution in [0.4, 0.5) is 36.4 Å². The number of nitrogens with one attached hydrogen (secondary N) is 2. The van der Waals surface area contributed by atoms with Crippen molar-refractivity contribution in [2.24, 2.45) is 11.3 Å². The van der Waals surface area contributed by atoms with Crippen molar-refractivity contribution in [1.82, 2.24) is 30.1 Å². The number of likely N-dealkylation sites (tertiary alicyclic amines) is 1. The van der Waals surface area contributed by atoms with Crippen molar-refractivity contribution in [2.45, 2.75) is 63.3 Å². The largest absolute Gasteiger partial charge is 0.433 e. The van der Waals surface area contributed by atoms with E-state index in [1.54, 1.807) is 23.1 Å². The molecule has 10 rings (SSSR count). The van der Waals surface area contributed by atoms with Gasteiger partial charge in [-0.05, 0) is 68.9 Å². The molecule has 1 spiro atoms. The number of oxazole rings is 1. The molecule has 2 atom stereocenters. The van der Waals surface area contributed by atoms with Gasteiger partial charge in [0.2, 0.25) is 23.4 Å². The molecule has 18 nitrogen and oxygen atoms in total. The zero-order valence-electron chi connectivity index (χ0n) is 34.4. The summed E-state index contributed by atoms with van der Waals surface area (Å²) in [6.45, 7) is 4.36. The number of β-amino-alcohol motifs (C(OH)–C–C–N with tert-alkyl or cyclic N) is 1. The quantitative estimate of drug-likeness (QED) is 0.228. The normalized spacial score (nSPS) is 22.7. The Morgan fingerprint density at radius 1 is 0.844 bits per heavy atom. The summed E-state index contributed by atoms with van der Waals surface area (Å²) in [5.41, 5.74) is 0.228. The first kappa shape index (κ1) is 41.4. The molecule has 4 aromatic rings. The summed E-state index contributed by atoms with van der Waals surface area (Å²) < 4.78 is 46.1. The highest BCUT2D eigenvalue weighted by Crippen LogP contribution is 2.44. The molecule has 21 heteroatoms.